The molecule has 0 saturated carbocycles. The summed E-state index contributed by atoms with van der Waals surface area (Å²) >= 11 is 0. The molecule has 3 aromatic carbocycles. The van der Waals surface area contributed by atoms with Gasteiger partial charge in [-0.15, -0.1) is 0 Å². The van der Waals surface area contributed by atoms with Crippen LogP contribution in [0.25, 0.3) is 0 Å². The van der Waals surface area contributed by atoms with Gasteiger partial charge in [0.25, 0.3) is 5.91 Å². The van der Waals surface area contributed by atoms with Crippen LogP contribution in [-0.2, 0) is 22.6 Å². The van der Waals surface area contributed by atoms with Gasteiger partial charge >= 0.3 is 6.18 Å². The minimum absolute atomic E-state index is 0.00226. The van der Waals surface area contributed by atoms with Crippen molar-refractivity contribution in [1.82, 2.24) is 4.72 Å². The summed E-state index contributed by atoms with van der Waals surface area (Å²) in [6.07, 6.45) is -4.24. The van der Waals surface area contributed by atoms with Gasteiger partial charge in [0.15, 0.2) is 11.5 Å². The quantitative estimate of drug-likeness (QED) is 0.397. The third kappa shape index (κ3) is 6.52. The Morgan fingerprint density at radius 2 is 1.58 bits per heavy atom. The van der Waals surface area contributed by atoms with Gasteiger partial charge in [0, 0.05) is 12.2 Å². The summed E-state index contributed by atoms with van der Waals surface area (Å²) in [6.45, 7) is 0.00226. The van der Waals surface area contributed by atoms with Crippen molar-refractivity contribution in [2.24, 2.45) is 0 Å². The first-order chi connectivity index (χ1) is 16.9. The van der Waals surface area contributed by atoms with Crippen LogP contribution in [0.4, 0.5) is 23.2 Å². The molecule has 36 heavy (non-hydrogen) atoms. The number of hydrogen-bond acceptors (Lipinski definition) is 5. The SMILES string of the molecule is COc1ccc(CCNS(=O)(=O)c2ccc(F)c(C(=O)Nc3ccc(C(F)(F)F)cc3)c2)cc1OC. The van der Waals surface area contributed by atoms with Crippen LogP contribution < -0.4 is 19.5 Å². The van der Waals surface area contributed by atoms with Crippen LogP contribution in [0.15, 0.2) is 65.6 Å². The first-order valence-electron chi connectivity index (χ1n) is 10.4. The number of sulfonamides is 1. The molecule has 1 amide bonds. The summed E-state index contributed by atoms with van der Waals surface area (Å²) in [6, 6.07) is 11.4. The van der Waals surface area contributed by atoms with E-state index in [0.717, 1.165) is 48.0 Å². The molecule has 3 aromatic rings. The molecule has 3 rings (SSSR count). The van der Waals surface area contributed by atoms with Crippen LogP contribution in [0, 0.1) is 5.82 Å². The number of hydrogen-bond donors (Lipinski definition) is 2. The van der Waals surface area contributed by atoms with Crippen molar-refractivity contribution in [1.29, 1.82) is 0 Å². The minimum atomic E-state index is -4.55. The summed E-state index contributed by atoms with van der Waals surface area (Å²) in [4.78, 5) is 12.1. The molecule has 12 heteroatoms. The number of anilines is 1. The van der Waals surface area contributed by atoms with Crippen LogP contribution in [0.5, 0.6) is 11.5 Å². The fraction of sp³-hybridized carbons (Fsp3) is 0.208. The molecule has 0 heterocycles. The van der Waals surface area contributed by atoms with Gasteiger partial charge in [-0.3, -0.25) is 4.79 Å². The lowest BCUT2D eigenvalue weighted by Crippen LogP contribution is -2.26. The fourth-order valence-corrected chi connectivity index (χ4v) is 4.29. The molecule has 0 aromatic heterocycles. The van der Waals surface area contributed by atoms with Crippen LogP contribution in [0.3, 0.4) is 0 Å². The second kappa shape index (κ2) is 11.0. The first kappa shape index (κ1) is 27.0. The van der Waals surface area contributed by atoms with Gasteiger partial charge in [0.05, 0.1) is 30.2 Å². The molecule has 0 aliphatic carbocycles. The number of carbonyl (C=O) groups excluding carboxylic acids is 1. The zero-order chi connectivity index (χ0) is 26.5. The highest BCUT2D eigenvalue weighted by Gasteiger charge is 2.30. The van der Waals surface area contributed by atoms with E-state index in [1.54, 1.807) is 18.2 Å². The van der Waals surface area contributed by atoms with Crippen molar-refractivity contribution < 1.29 is 40.2 Å². The summed E-state index contributed by atoms with van der Waals surface area (Å²) in [5.41, 5.74) is -0.753. The normalized spacial score (nSPS) is 11.7. The molecular formula is C24H22F4N2O5S. The molecule has 2 N–H and O–H groups in total. The molecule has 0 fully saturated rings. The monoisotopic (exact) mass is 526 g/mol. The Labute approximate surface area is 205 Å². The van der Waals surface area contributed by atoms with Crippen molar-refractivity contribution in [3.05, 3.63) is 83.2 Å². The lowest BCUT2D eigenvalue weighted by atomic mass is 10.1. The Balaban J connectivity index is 1.70. The number of ether oxygens (including phenoxy) is 2. The van der Waals surface area contributed by atoms with Crippen molar-refractivity contribution in [2.45, 2.75) is 17.5 Å². The maximum Gasteiger partial charge on any atom is 0.416 e. The fourth-order valence-electron chi connectivity index (χ4n) is 3.24. The average molecular weight is 527 g/mol. The topological polar surface area (TPSA) is 93.7 Å². The van der Waals surface area contributed by atoms with Gasteiger partial charge in [0.2, 0.25) is 10.0 Å². The van der Waals surface area contributed by atoms with Gasteiger partial charge in [-0.25, -0.2) is 17.5 Å². The molecule has 0 unspecified atom stereocenters. The van der Waals surface area contributed by atoms with E-state index in [1.165, 1.54) is 14.2 Å². The van der Waals surface area contributed by atoms with E-state index < -0.39 is 39.1 Å². The number of benzene rings is 3. The van der Waals surface area contributed by atoms with Crippen LogP contribution in [0.1, 0.15) is 21.5 Å². The Bertz CT molecular complexity index is 1340. The van der Waals surface area contributed by atoms with Crippen molar-refractivity contribution in [2.75, 3.05) is 26.1 Å². The Kier molecular flexibility index (Phi) is 8.21. The molecular weight excluding hydrogens is 504 g/mol. The third-order valence-corrected chi connectivity index (χ3v) is 6.58. The predicted octanol–water partition coefficient (Wildman–Crippen LogP) is 4.64. The molecule has 0 bridgehead atoms. The molecule has 7 nitrogen and oxygen atoms in total. The maximum absolute atomic E-state index is 14.3. The Hall–Kier alpha value is -3.64. The van der Waals surface area contributed by atoms with E-state index in [4.69, 9.17) is 9.47 Å². The second-order valence-corrected chi connectivity index (χ2v) is 9.27. The van der Waals surface area contributed by atoms with Gasteiger partial charge in [-0.05, 0) is 66.6 Å². The lowest BCUT2D eigenvalue weighted by Gasteiger charge is -2.12. The minimum Gasteiger partial charge on any atom is -0.493 e. The number of rotatable bonds is 9. The molecule has 0 aliphatic rings. The van der Waals surface area contributed by atoms with Crippen molar-refractivity contribution >= 4 is 21.6 Å². The molecule has 0 spiro atoms. The number of carbonyl (C=O) groups is 1. The van der Waals surface area contributed by atoms with E-state index in [2.05, 4.69) is 10.0 Å². The van der Waals surface area contributed by atoms with Gasteiger partial charge < -0.3 is 14.8 Å². The smallest absolute Gasteiger partial charge is 0.416 e. The van der Waals surface area contributed by atoms with E-state index in [0.29, 0.717) is 17.9 Å². The van der Waals surface area contributed by atoms with E-state index in [-0.39, 0.29) is 17.1 Å². The standard InChI is InChI=1S/C24H22F4N2O5S/c1-34-21-10-3-15(13-22(21)35-2)11-12-29-36(32,33)18-8-9-20(25)19(14-18)23(31)30-17-6-4-16(5-7-17)24(26,27)28/h3-10,13-14,29H,11-12H2,1-2H3,(H,30,31). The van der Waals surface area contributed by atoms with E-state index in [1.807, 2.05) is 0 Å². The number of alkyl halides is 3. The van der Waals surface area contributed by atoms with Crippen LogP contribution in [-0.4, -0.2) is 35.1 Å². The summed E-state index contributed by atoms with van der Waals surface area (Å²) in [5, 5.41) is 2.26. The lowest BCUT2D eigenvalue weighted by molar-refractivity contribution is -0.137. The Morgan fingerprint density at radius 1 is 0.917 bits per heavy atom. The van der Waals surface area contributed by atoms with Crippen LogP contribution >= 0.6 is 0 Å². The zero-order valence-corrected chi connectivity index (χ0v) is 20.0. The molecule has 0 atom stereocenters. The molecule has 192 valence electrons. The van der Waals surface area contributed by atoms with Gasteiger partial charge in [0.1, 0.15) is 5.82 Å². The van der Waals surface area contributed by atoms with E-state index in [9.17, 15) is 30.8 Å². The largest absolute Gasteiger partial charge is 0.493 e. The number of halogens is 4. The van der Waals surface area contributed by atoms with Gasteiger partial charge in [-0.1, -0.05) is 6.07 Å². The highest BCUT2D eigenvalue weighted by molar-refractivity contribution is 7.89. The zero-order valence-electron chi connectivity index (χ0n) is 19.1. The maximum atomic E-state index is 14.3. The Morgan fingerprint density at radius 3 is 2.19 bits per heavy atom. The highest BCUT2D eigenvalue weighted by Crippen LogP contribution is 2.30. The first-order valence-corrected chi connectivity index (χ1v) is 11.9. The number of methoxy groups -OCH3 is 2. The number of nitrogens with one attached hydrogen (secondary N) is 2. The van der Waals surface area contributed by atoms with Gasteiger partial charge in [-0.2, -0.15) is 13.2 Å². The predicted molar refractivity (Wildman–Crippen MR) is 124 cm³/mol. The summed E-state index contributed by atoms with van der Waals surface area (Å²) in [7, 11) is -1.14. The molecule has 0 saturated heterocycles. The third-order valence-electron chi connectivity index (χ3n) is 5.12. The van der Waals surface area contributed by atoms with E-state index >= 15 is 0 Å². The molecule has 0 radical (unpaired) electrons. The molecule has 0 aliphatic heterocycles. The highest BCUT2D eigenvalue weighted by atomic mass is 32.2. The summed E-state index contributed by atoms with van der Waals surface area (Å²) < 4.78 is 90.5. The summed E-state index contributed by atoms with van der Waals surface area (Å²) in [5.74, 6) is -1.01. The van der Waals surface area contributed by atoms with Crippen LogP contribution in [0.2, 0.25) is 0 Å². The van der Waals surface area contributed by atoms with Crippen molar-refractivity contribution in [3.63, 3.8) is 0 Å². The average Bonchev–Trinajstić information content (AvgIpc) is 2.83. The number of amides is 1. The second-order valence-electron chi connectivity index (χ2n) is 7.51. The van der Waals surface area contributed by atoms with Crippen molar-refractivity contribution in [3.8, 4) is 11.5 Å².